The van der Waals surface area contributed by atoms with Crippen LogP contribution in [0.5, 0.6) is 0 Å². The molecule has 18 heavy (non-hydrogen) atoms. The molecule has 0 aromatic carbocycles. The van der Waals surface area contributed by atoms with Crippen molar-refractivity contribution in [2.45, 2.75) is 39.7 Å². The van der Waals surface area contributed by atoms with Crippen molar-refractivity contribution in [3.63, 3.8) is 0 Å². The first-order chi connectivity index (χ1) is 8.56. The maximum atomic E-state index is 12.1. The molecule has 1 aliphatic heterocycles. The second-order valence-corrected chi connectivity index (χ2v) is 7.90. The van der Waals surface area contributed by atoms with Crippen molar-refractivity contribution in [2.24, 2.45) is 11.8 Å². The van der Waals surface area contributed by atoms with Gasteiger partial charge >= 0.3 is 0 Å². The van der Waals surface area contributed by atoms with Crippen LogP contribution in [0.1, 0.15) is 38.0 Å². The minimum atomic E-state index is 0.322. The summed E-state index contributed by atoms with van der Waals surface area (Å²) in [5, 5.41) is 0. The minimum Gasteiger partial charge on any atom is -0.338 e. The smallest absolute Gasteiger partial charge is 0.222 e. The fraction of sp³-hybridized carbons (Fsp3) is 0.643. The molecule has 0 N–H and O–H groups in total. The lowest BCUT2D eigenvalue weighted by molar-refractivity contribution is -0.131. The van der Waals surface area contributed by atoms with Crippen molar-refractivity contribution in [1.29, 1.82) is 0 Å². The number of carbonyl (C=O) groups excluding carboxylic acids is 1. The number of nitrogens with zero attached hydrogens (tertiary/aromatic N) is 1. The van der Waals surface area contributed by atoms with Gasteiger partial charge in [0.2, 0.25) is 5.91 Å². The van der Waals surface area contributed by atoms with Gasteiger partial charge in [0.25, 0.3) is 0 Å². The molecule has 1 aliphatic rings. The van der Waals surface area contributed by atoms with E-state index in [0.717, 1.165) is 36.1 Å². The molecule has 1 amide bonds. The van der Waals surface area contributed by atoms with Gasteiger partial charge in [-0.15, -0.1) is 11.3 Å². The van der Waals surface area contributed by atoms with E-state index in [1.165, 1.54) is 4.88 Å². The van der Waals surface area contributed by atoms with Gasteiger partial charge < -0.3 is 4.90 Å². The lowest BCUT2D eigenvalue weighted by atomic mass is 9.89. The summed E-state index contributed by atoms with van der Waals surface area (Å²) in [5.74, 6) is 1.71. The Balaban J connectivity index is 1.98. The summed E-state index contributed by atoms with van der Waals surface area (Å²) >= 11 is 5.19. The van der Waals surface area contributed by atoms with Crippen molar-refractivity contribution >= 4 is 33.2 Å². The zero-order valence-electron chi connectivity index (χ0n) is 11.0. The van der Waals surface area contributed by atoms with Crippen LogP contribution in [0.25, 0.3) is 0 Å². The standard InChI is InChI=1S/C14H20BrNOS/c1-10(2)11-3-6-14(17)16(8-7-11)9-12-4-5-13(15)18-12/h4-5,10-11H,3,6-9H2,1-2H3. The Hall–Kier alpha value is -0.350. The third kappa shape index (κ3) is 3.58. The van der Waals surface area contributed by atoms with Crippen molar-refractivity contribution in [3.05, 3.63) is 20.8 Å². The van der Waals surface area contributed by atoms with Crippen LogP contribution in [-0.4, -0.2) is 17.4 Å². The summed E-state index contributed by atoms with van der Waals surface area (Å²) in [6.45, 7) is 6.22. The first-order valence-electron chi connectivity index (χ1n) is 6.58. The molecule has 0 saturated carbocycles. The van der Waals surface area contributed by atoms with Gasteiger partial charge in [-0.2, -0.15) is 0 Å². The van der Waals surface area contributed by atoms with Crippen LogP contribution in [0.3, 0.4) is 0 Å². The first kappa shape index (κ1) is 14.1. The van der Waals surface area contributed by atoms with Crippen LogP contribution < -0.4 is 0 Å². The van der Waals surface area contributed by atoms with E-state index < -0.39 is 0 Å². The molecule has 0 spiro atoms. The largest absolute Gasteiger partial charge is 0.338 e. The SMILES string of the molecule is CC(C)C1CCC(=O)N(Cc2ccc(Br)s2)CC1. The maximum Gasteiger partial charge on any atom is 0.222 e. The Morgan fingerprint density at radius 2 is 2.22 bits per heavy atom. The van der Waals surface area contributed by atoms with Gasteiger partial charge in [-0.05, 0) is 52.7 Å². The number of hydrogen-bond acceptors (Lipinski definition) is 2. The first-order valence-corrected chi connectivity index (χ1v) is 8.19. The van der Waals surface area contributed by atoms with Crippen LogP contribution in [0.2, 0.25) is 0 Å². The molecule has 2 heterocycles. The molecule has 0 bridgehead atoms. The third-order valence-electron chi connectivity index (χ3n) is 3.77. The molecule has 1 saturated heterocycles. The lowest BCUT2D eigenvalue weighted by Gasteiger charge is -2.21. The van der Waals surface area contributed by atoms with Crippen LogP contribution in [0, 0.1) is 11.8 Å². The molecular formula is C14H20BrNOS. The van der Waals surface area contributed by atoms with Gasteiger partial charge in [-0.25, -0.2) is 0 Å². The van der Waals surface area contributed by atoms with E-state index in [0.29, 0.717) is 17.7 Å². The van der Waals surface area contributed by atoms with E-state index in [-0.39, 0.29) is 0 Å². The number of halogens is 1. The van der Waals surface area contributed by atoms with E-state index in [9.17, 15) is 4.79 Å². The third-order valence-corrected chi connectivity index (χ3v) is 5.38. The van der Waals surface area contributed by atoms with Gasteiger partial charge in [-0.1, -0.05) is 13.8 Å². The normalized spacial score (nSPS) is 21.4. The van der Waals surface area contributed by atoms with E-state index >= 15 is 0 Å². The molecule has 100 valence electrons. The Morgan fingerprint density at radius 3 is 2.83 bits per heavy atom. The second kappa shape index (κ2) is 6.20. The highest BCUT2D eigenvalue weighted by atomic mass is 79.9. The topological polar surface area (TPSA) is 20.3 Å². The summed E-state index contributed by atoms with van der Waals surface area (Å²) < 4.78 is 1.14. The van der Waals surface area contributed by atoms with Gasteiger partial charge in [0.15, 0.2) is 0 Å². The zero-order valence-corrected chi connectivity index (χ0v) is 13.4. The lowest BCUT2D eigenvalue weighted by Crippen LogP contribution is -2.29. The van der Waals surface area contributed by atoms with Crippen LogP contribution >= 0.6 is 27.3 Å². The van der Waals surface area contributed by atoms with E-state index in [1.807, 2.05) is 4.90 Å². The fourth-order valence-electron chi connectivity index (χ4n) is 2.52. The van der Waals surface area contributed by atoms with Gasteiger partial charge in [-0.3, -0.25) is 4.79 Å². The molecule has 1 unspecified atom stereocenters. The Kier molecular flexibility index (Phi) is 4.84. The highest BCUT2D eigenvalue weighted by molar-refractivity contribution is 9.11. The summed E-state index contributed by atoms with van der Waals surface area (Å²) in [5.41, 5.74) is 0. The number of thiophene rings is 1. The van der Waals surface area contributed by atoms with Crippen LogP contribution in [0.15, 0.2) is 15.9 Å². The molecule has 0 radical (unpaired) electrons. The molecule has 2 rings (SSSR count). The van der Waals surface area contributed by atoms with Gasteiger partial charge in [0.05, 0.1) is 10.3 Å². The van der Waals surface area contributed by atoms with Crippen molar-refractivity contribution in [2.75, 3.05) is 6.54 Å². The quantitative estimate of drug-likeness (QED) is 0.809. The Morgan fingerprint density at radius 1 is 1.44 bits per heavy atom. The van der Waals surface area contributed by atoms with Crippen molar-refractivity contribution < 1.29 is 4.79 Å². The second-order valence-electron chi connectivity index (χ2n) is 5.35. The molecular weight excluding hydrogens is 310 g/mol. The average Bonchev–Trinajstić information content (AvgIpc) is 2.62. The van der Waals surface area contributed by atoms with Crippen molar-refractivity contribution in [3.8, 4) is 0 Å². The molecule has 1 aromatic heterocycles. The monoisotopic (exact) mass is 329 g/mol. The summed E-state index contributed by atoms with van der Waals surface area (Å²) in [7, 11) is 0. The number of carbonyl (C=O) groups is 1. The van der Waals surface area contributed by atoms with Crippen LogP contribution in [0.4, 0.5) is 0 Å². The van der Waals surface area contributed by atoms with Crippen molar-refractivity contribution in [1.82, 2.24) is 4.90 Å². The number of likely N-dealkylation sites (tertiary alicyclic amines) is 1. The van der Waals surface area contributed by atoms with E-state index in [1.54, 1.807) is 11.3 Å². The van der Waals surface area contributed by atoms with Gasteiger partial charge in [0.1, 0.15) is 0 Å². The van der Waals surface area contributed by atoms with E-state index in [4.69, 9.17) is 0 Å². The highest BCUT2D eigenvalue weighted by Crippen LogP contribution is 2.28. The number of hydrogen-bond donors (Lipinski definition) is 0. The molecule has 2 nitrogen and oxygen atoms in total. The highest BCUT2D eigenvalue weighted by Gasteiger charge is 2.24. The van der Waals surface area contributed by atoms with E-state index in [2.05, 4.69) is 41.9 Å². The predicted octanol–water partition coefficient (Wildman–Crippen LogP) is 4.30. The average molecular weight is 330 g/mol. The minimum absolute atomic E-state index is 0.322. The summed E-state index contributed by atoms with van der Waals surface area (Å²) in [6.07, 6.45) is 2.92. The maximum absolute atomic E-state index is 12.1. The molecule has 1 fully saturated rings. The van der Waals surface area contributed by atoms with Crippen LogP contribution in [-0.2, 0) is 11.3 Å². The predicted molar refractivity (Wildman–Crippen MR) is 79.6 cm³/mol. The molecule has 1 atom stereocenters. The fourth-order valence-corrected chi connectivity index (χ4v) is 4.02. The molecule has 4 heteroatoms. The summed E-state index contributed by atoms with van der Waals surface area (Å²) in [4.78, 5) is 15.4. The number of amides is 1. The Bertz CT molecular complexity index is 416. The number of rotatable bonds is 3. The summed E-state index contributed by atoms with van der Waals surface area (Å²) in [6, 6.07) is 4.16. The molecule has 1 aromatic rings. The van der Waals surface area contributed by atoms with Gasteiger partial charge in [0, 0.05) is 17.8 Å². The molecule has 0 aliphatic carbocycles. The zero-order chi connectivity index (χ0) is 13.1. The Labute approximate surface area is 122 Å².